The summed E-state index contributed by atoms with van der Waals surface area (Å²) < 4.78 is 0. The first kappa shape index (κ1) is 14.4. The molecule has 0 aliphatic heterocycles. The molecule has 2 nitrogen and oxygen atoms in total. The normalized spacial score (nSPS) is 17.9. The lowest BCUT2D eigenvalue weighted by molar-refractivity contribution is -0.121. The SMILES string of the molecule is CC(SCc1ccccc1)C(=O)NC1CCCCC1. The molecule has 1 N–H and O–H groups in total. The predicted molar refractivity (Wildman–Crippen MR) is 82.2 cm³/mol. The summed E-state index contributed by atoms with van der Waals surface area (Å²) >= 11 is 1.71. The minimum absolute atomic E-state index is 0.0298. The van der Waals surface area contributed by atoms with Crippen LogP contribution in [0, 0.1) is 0 Å². The van der Waals surface area contributed by atoms with Crippen molar-refractivity contribution in [3.63, 3.8) is 0 Å². The summed E-state index contributed by atoms with van der Waals surface area (Å²) in [4.78, 5) is 12.1. The molecule has 104 valence electrons. The minimum Gasteiger partial charge on any atom is -0.352 e. The first-order valence-corrected chi connectivity index (χ1v) is 8.26. The molecular weight excluding hydrogens is 254 g/mol. The highest BCUT2D eigenvalue weighted by molar-refractivity contribution is 7.99. The van der Waals surface area contributed by atoms with Gasteiger partial charge in [-0.05, 0) is 25.3 Å². The van der Waals surface area contributed by atoms with Crippen LogP contribution in [-0.2, 0) is 10.5 Å². The standard InChI is InChI=1S/C16H23NOS/c1-13(19-12-14-8-4-2-5-9-14)16(18)17-15-10-6-3-7-11-15/h2,4-5,8-9,13,15H,3,6-7,10-12H2,1H3,(H,17,18). The molecule has 0 radical (unpaired) electrons. The molecule has 1 aromatic carbocycles. The molecular formula is C16H23NOS. The molecule has 0 saturated heterocycles. The third-order valence-electron chi connectivity index (χ3n) is 3.66. The first-order chi connectivity index (χ1) is 9.25. The fourth-order valence-electron chi connectivity index (χ4n) is 2.44. The van der Waals surface area contributed by atoms with E-state index >= 15 is 0 Å². The van der Waals surface area contributed by atoms with Gasteiger partial charge in [0.25, 0.3) is 0 Å². The lowest BCUT2D eigenvalue weighted by Gasteiger charge is -2.24. The molecule has 1 aliphatic carbocycles. The van der Waals surface area contributed by atoms with Crippen LogP contribution < -0.4 is 5.32 Å². The Morgan fingerprint density at radius 2 is 1.95 bits per heavy atom. The largest absolute Gasteiger partial charge is 0.352 e. The summed E-state index contributed by atoms with van der Waals surface area (Å²) in [6, 6.07) is 10.7. The molecule has 19 heavy (non-hydrogen) atoms. The van der Waals surface area contributed by atoms with Crippen molar-refractivity contribution in [2.24, 2.45) is 0 Å². The van der Waals surface area contributed by atoms with E-state index in [-0.39, 0.29) is 11.2 Å². The number of rotatable bonds is 5. The van der Waals surface area contributed by atoms with Gasteiger partial charge in [0.15, 0.2) is 0 Å². The maximum atomic E-state index is 12.1. The van der Waals surface area contributed by atoms with E-state index in [0.29, 0.717) is 6.04 Å². The topological polar surface area (TPSA) is 29.1 Å². The molecule has 1 unspecified atom stereocenters. The summed E-state index contributed by atoms with van der Waals surface area (Å²) in [5.41, 5.74) is 1.28. The monoisotopic (exact) mass is 277 g/mol. The number of hydrogen-bond acceptors (Lipinski definition) is 2. The number of carbonyl (C=O) groups excluding carboxylic acids is 1. The summed E-state index contributed by atoms with van der Waals surface area (Å²) in [6.45, 7) is 2.01. The van der Waals surface area contributed by atoms with Crippen LogP contribution >= 0.6 is 11.8 Å². The van der Waals surface area contributed by atoms with Gasteiger partial charge in [-0.3, -0.25) is 4.79 Å². The van der Waals surface area contributed by atoms with Gasteiger partial charge >= 0.3 is 0 Å². The van der Waals surface area contributed by atoms with Gasteiger partial charge in [-0.15, -0.1) is 11.8 Å². The summed E-state index contributed by atoms with van der Waals surface area (Å²) in [6.07, 6.45) is 6.15. The molecule has 3 heteroatoms. The Morgan fingerprint density at radius 3 is 2.63 bits per heavy atom. The lowest BCUT2D eigenvalue weighted by Crippen LogP contribution is -2.40. The quantitative estimate of drug-likeness (QED) is 0.888. The minimum atomic E-state index is 0.0298. The van der Waals surface area contributed by atoms with Crippen LogP contribution in [0.25, 0.3) is 0 Å². The predicted octanol–water partition coefficient (Wildman–Crippen LogP) is 3.76. The first-order valence-electron chi connectivity index (χ1n) is 7.21. The van der Waals surface area contributed by atoms with E-state index in [4.69, 9.17) is 0 Å². The third kappa shape index (κ3) is 4.90. The smallest absolute Gasteiger partial charge is 0.233 e. The molecule has 1 aromatic rings. The number of benzene rings is 1. The zero-order valence-electron chi connectivity index (χ0n) is 11.6. The van der Waals surface area contributed by atoms with E-state index in [1.807, 2.05) is 25.1 Å². The van der Waals surface area contributed by atoms with Gasteiger partial charge in [0.1, 0.15) is 0 Å². The molecule has 0 heterocycles. The van der Waals surface area contributed by atoms with Crippen molar-refractivity contribution in [1.82, 2.24) is 5.32 Å². The Bertz CT molecular complexity index is 387. The van der Waals surface area contributed by atoms with Crippen LogP contribution in [0.3, 0.4) is 0 Å². The van der Waals surface area contributed by atoms with Crippen molar-refractivity contribution >= 4 is 17.7 Å². The van der Waals surface area contributed by atoms with Crippen molar-refractivity contribution in [3.05, 3.63) is 35.9 Å². The van der Waals surface area contributed by atoms with Crippen molar-refractivity contribution in [2.45, 2.75) is 56.1 Å². The van der Waals surface area contributed by atoms with Gasteiger partial charge in [0, 0.05) is 11.8 Å². The van der Waals surface area contributed by atoms with Gasteiger partial charge in [0.2, 0.25) is 5.91 Å². The highest BCUT2D eigenvalue weighted by Gasteiger charge is 2.19. The zero-order valence-corrected chi connectivity index (χ0v) is 12.4. The molecule has 1 saturated carbocycles. The Hall–Kier alpha value is -0.960. The number of carbonyl (C=O) groups is 1. The molecule has 0 spiro atoms. The number of hydrogen-bond donors (Lipinski definition) is 1. The van der Waals surface area contributed by atoms with E-state index in [1.165, 1.54) is 24.8 Å². The summed E-state index contributed by atoms with van der Waals surface area (Å²) in [5.74, 6) is 1.10. The Labute approximate surface area is 120 Å². The van der Waals surface area contributed by atoms with Crippen LogP contribution in [0.5, 0.6) is 0 Å². The van der Waals surface area contributed by atoms with Crippen molar-refractivity contribution in [2.75, 3.05) is 0 Å². The second-order valence-corrected chi connectivity index (χ2v) is 6.61. The van der Waals surface area contributed by atoms with Crippen LogP contribution in [0.4, 0.5) is 0 Å². The van der Waals surface area contributed by atoms with E-state index < -0.39 is 0 Å². The van der Waals surface area contributed by atoms with Crippen molar-refractivity contribution in [1.29, 1.82) is 0 Å². The van der Waals surface area contributed by atoms with Gasteiger partial charge in [-0.1, -0.05) is 49.6 Å². The van der Waals surface area contributed by atoms with Gasteiger partial charge < -0.3 is 5.32 Å². The van der Waals surface area contributed by atoms with E-state index in [9.17, 15) is 4.79 Å². The van der Waals surface area contributed by atoms with Crippen LogP contribution in [-0.4, -0.2) is 17.2 Å². The third-order valence-corrected chi connectivity index (χ3v) is 4.88. The highest BCUT2D eigenvalue weighted by Crippen LogP contribution is 2.20. The van der Waals surface area contributed by atoms with E-state index in [0.717, 1.165) is 18.6 Å². The second kappa shape index (κ2) is 7.59. The maximum Gasteiger partial charge on any atom is 0.233 e. The molecule has 0 aromatic heterocycles. The van der Waals surface area contributed by atoms with Gasteiger partial charge in [-0.25, -0.2) is 0 Å². The number of nitrogens with one attached hydrogen (secondary N) is 1. The molecule has 2 rings (SSSR count). The van der Waals surface area contributed by atoms with Crippen LogP contribution in [0.15, 0.2) is 30.3 Å². The molecule has 0 bridgehead atoms. The van der Waals surface area contributed by atoms with Gasteiger partial charge in [-0.2, -0.15) is 0 Å². The van der Waals surface area contributed by atoms with E-state index in [2.05, 4.69) is 17.4 Å². The highest BCUT2D eigenvalue weighted by atomic mass is 32.2. The average molecular weight is 277 g/mol. The van der Waals surface area contributed by atoms with Gasteiger partial charge in [0.05, 0.1) is 5.25 Å². The summed E-state index contributed by atoms with van der Waals surface area (Å²) in [7, 11) is 0. The molecule has 1 amide bonds. The van der Waals surface area contributed by atoms with Crippen LogP contribution in [0.1, 0.15) is 44.6 Å². The lowest BCUT2D eigenvalue weighted by atomic mass is 9.95. The molecule has 1 aliphatic rings. The number of amides is 1. The molecule has 1 atom stereocenters. The molecule has 1 fully saturated rings. The van der Waals surface area contributed by atoms with E-state index in [1.54, 1.807) is 11.8 Å². The Balaban J connectivity index is 1.72. The summed E-state index contributed by atoms with van der Waals surface area (Å²) in [5, 5.41) is 3.22. The fraction of sp³-hybridized carbons (Fsp3) is 0.562. The fourth-order valence-corrected chi connectivity index (χ4v) is 3.29. The average Bonchev–Trinajstić information content (AvgIpc) is 2.47. The van der Waals surface area contributed by atoms with Crippen LogP contribution in [0.2, 0.25) is 0 Å². The Morgan fingerprint density at radius 1 is 1.26 bits per heavy atom. The maximum absolute atomic E-state index is 12.1. The van der Waals surface area contributed by atoms with Crippen molar-refractivity contribution < 1.29 is 4.79 Å². The van der Waals surface area contributed by atoms with Crippen molar-refractivity contribution in [3.8, 4) is 0 Å². The second-order valence-electron chi connectivity index (χ2n) is 5.28. The number of thioether (sulfide) groups is 1. The Kier molecular flexibility index (Phi) is 5.77. The zero-order chi connectivity index (χ0) is 13.5.